The average Bonchev–Trinajstić information content (AvgIpc) is 2.93. The second-order valence-corrected chi connectivity index (χ2v) is 5.74. The molecule has 0 aliphatic rings. The molecule has 0 saturated carbocycles. The highest BCUT2D eigenvalue weighted by atomic mass is 79.9. The molecule has 0 saturated heterocycles. The Morgan fingerprint density at radius 1 is 1.14 bits per heavy atom. The van der Waals surface area contributed by atoms with E-state index >= 15 is 0 Å². The minimum Gasteiger partial charge on any atom is -0.508 e. The summed E-state index contributed by atoms with van der Waals surface area (Å²) < 4.78 is 6.30. The second kappa shape index (κ2) is 5.69. The Hall–Kier alpha value is -2.14. The topological polar surface area (TPSA) is 59.2 Å². The van der Waals surface area contributed by atoms with Gasteiger partial charge in [-0.15, -0.1) is 0 Å². The van der Waals surface area contributed by atoms with Crippen molar-refractivity contribution < 1.29 is 9.63 Å². The van der Waals surface area contributed by atoms with E-state index in [1.807, 2.05) is 43.3 Å². The van der Waals surface area contributed by atoms with Crippen LogP contribution in [0.2, 0.25) is 0 Å². The average molecular weight is 345 g/mol. The second-order valence-electron chi connectivity index (χ2n) is 4.82. The van der Waals surface area contributed by atoms with Crippen LogP contribution in [0.15, 0.2) is 51.5 Å². The van der Waals surface area contributed by atoms with E-state index in [0.717, 1.165) is 15.6 Å². The Labute approximate surface area is 130 Å². The van der Waals surface area contributed by atoms with Crippen LogP contribution in [0, 0.1) is 6.92 Å². The van der Waals surface area contributed by atoms with Crippen molar-refractivity contribution in [1.29, 1.82) is 0 Å². The Kier molecular flexibility index (Phi) is 3.75. The summed E-state index contributed by atoms with van der Waals surface area (Å²) in [4.78, 5) is 4.37. The zero-order chi connectivity index (χ0) is 14.8. The van der Waals surface area contributed by atoms with E-state index in [9.17, 15) is 5.11 Å². The number of halogens is 1. The summed E-state index contributed by atoms with van der Waals surface area (Å²) in [7, 11) is 0. The smallest absolute Gasteiger partial charge is 0.258 e. The van der Waals surface area contributed by atoms with Gasteiger partial charge in [-0.25, -0.2) is 0 Å². The number of aromatic nitrogens is 2. The van der Waals surface area contributed by atoms with Gasteiger partial charge < -0.3 is 9.63 Å². The van der Waals surface area contributed by atoms with Gasteiger partial charge in [-0.1, -0.05) is 39.3 Å². The molecule has 1 aromatic heterocycles. The van der Waals surface area contributed by atoms with Crippen LogP contribution >= 0.6 is 15.9 Å². The first-order valence-electron chi connectivity index (χ1n) is 6.49. The van der Waals surface area contributed by atoms with Gasteiger partial charge in [0.1, 0.15) is 5.75 Å². The molecule has 0 aliphatic carbocycles. The molecule has 1 N–H and O–H groups in total. The van der Waals surface area contributed by atoms with Crippen molar-refractivity contribution in [1.82, 2.24) is 10.1 Å². The van der Waals surface area contributed by atoms with Crippen molar-refractivity contribution in [3.05, 3.63) is 63.9 Å². The van der Waals surface area contributed by atoms with Gasteiger partial charge in [0.05, 0.1) is 0 Å². The number of aromatic hydroxyl groups is 1. The van der Waals surface area contributed by atoms with Crippen molar-refractivity contribution in [3.8, 4) is 17.2 Å². The summed E-state index contributed by atoms with van der Waals surface area (Å²) in [5, 5.41) is 13.7. The van der Waals surface area contributed by atoms with E-state index in [1.165, 1.54) is 0 Å². The lowest BCUT2D eigenvalue weighted by Gasteiger charge is -1.99. The summed E-state index contributed by atoms with van der Waals surface area (Å²) >= 11 is 3.40. The zero-order valence-electron chi connectivity index (χ0n) is 11.4. The van der Waals surface area contributed by atoms with Crippen molar-refractivity contribution in [2.45, 2.75) is 13.3 Å². The van der Waals surface area contributed by atoms with Crippen LogP contribution in [0.3, 0.4) is 0 Å². The molecule has 4 nitrogen and oxygen atoms in total. The molecule has 3 rings (SSSR count). The molecular weight excluding hydrogens is 332 g/mol. The maximum atomic E-state index is 9.74. The van der Waals surface area contributed by atoms with Crippen LogP contribution in [0.4, 0.5) is 0 Å². The number of hydrogen-bond acceptors (Lipinski definition) is 4. The third kappa shape index (κ3) is 3.13. The van der Waals surface area contributed by atoms with E-state index in [0.29, 0.717) is 23.7 Å². The Bertz CT molecular complexity index is 766. The fourth-order valence-corrected chi connectivity index (χ4v) is 2.23. The highest BCUT2D eigenvalue weighted by Gasteiger charge is 2.10. The largest absolute Gasteiger partial charge is 0.508 e. The van der Waals surface area contributed by atoms with Crippen LogP contribution in [0.25, 0.3) is 11.5 Å². The third-order valence-corrected chi connectivity index (χ3v) is 3.73. The minimum absolute atomic E-state index is 0.222. The molecule has 0 radical (unpaired) electrons. The summed E-state index contributed by atoms with van der Waals surface area (Å²) in [6.07, 6.45) is 0.606. The van der Waals surface area contributed by atoms with Gasteiger partial charge in [0.2, 0.25) is 0 Å². The van der Waals surface area contributed by atoms with Gasteiger partial charge in [0.15, 0.2) is 5.82 Å². The van der Waals surface area contributed by atoms with E-state index in [1.54, 1.807) is 6.07 Å². The Morgan fingerprint density at radius 3 is 2.62 bits per heavy atom. The molecule has 2 aromatic carbocycles. The Morgan fingerprint density at radius 2 is 1.90 bits per heavy atom. The van der Waals surface area contributed by atoms with Crippen LogP contribution in [0.1, 0.15) is 17.0 Å². The number of phenolic OH excluding ortho intramolecular Hbond substituents is 1. The summed E-state index contributed by atoms with van der Waals surface area (Å²) in [6.45, 7) is 1.84. The first-order valence-corrected chi connectivity index (χ1v) is 7.28. The van der Waals surface area contributed by atoms with Gasteiger partial charge in [0.25, 0.3) is 5.89 Å². The molecule has 0 fully saturated rings. The molecule has 0 spiro atoms. The number of benzene rings is 2. The number of aryl methyl sites for hydroxylation is 1. The maximum absolute atomic E-state index is 9.74. The van der Waals surface area contributed by atoms with E-state index in [2.05, 4.69) is 26.1 Å². The van der Waals surface area contributed by atoms with Gasteiger partial charge in [0, 0.05) is 16.5 Å². The lowest BCUT2D eigenvalue weighted by atomic mass is 10.1. The summed E-state index contributed by atoms with van der Waals surface area (Å²) in [5.41, 5.74) is 2.64. The third-order valence-electron chi connectivity index (χ3n) is 3.20. The van der Waals surface area contributed by atoms with Gasteiger partial charge in [-0.2, -0.15) is 4.98 Å². The monoisotopic (exact) mass is 344 g/mol. The highest BCUT2D eigenvalue weighted by molar-refractivity contribution is 9.10. The SMILES string of the molecule is Cc1ccc(-c2nc(Cc3ccc(Br)cc3)no2)cc1O. The van der Waals surface area contributed by atoms with Gasteiger partial charge in [-0.05, 0) is 42.3 Å². The molecule has 21 heavy (non-hydrogen) atoms. The number of nitrogens with zero attached hydrogens (tertiary/aromatic N) is 2. The first kappa shape index (κ1) is 13.8. The molecule has 3 aromatic rings. The van der Waals surface area contributed by atoms with Gasteiger partial charge >= 0.3 is 0 Å². The molecule has 0 aliphatic heterocycles. The fourth-order valence-electron chi connectivity index (χ4n) is 1.97. The van der Waals surface area contributed by atoms with Crippen molar-refractivity contribution in [3.63, 3.8) is 0 Å². The van der Waals surface area contributed by atoms with Crippen molar-refractivity contribution in [2.24, 2.45) is 0 Å². The number of hydrogen-bond donors (Lipinski definition) is 1. The van der Waals surface area contributed by atoms with E-state index in [4.69, 9.17) is 4.52 Å². The summed E-state index contributed by atoms with van der Waals surface area (Å²) in [5.74, 6) is 1.25. The molecule has 5 heteroatoms. The number of phenols is 1. The molecule has 1 heterocycles. The van der Waals surface area contributed by atoms with Crippen LogP contribution < -0.4 is 0 Å². The predicted octanol–water partition coefficient (Wildman–Crippen LogP) is 4.10. The maximum Gasteiger partial charge on any atom is 0.258 e. The first-order chi connectivity index (χ1) is 10.1. The molecule has 0 amide bonds. The van der Waals surface area contributed by atoms with Crippen LogP contribution in [-0.4, -0.2) is 15.2 Å². The predicted molar refractivity (Wildman–Crippen MR) is 83.1 cm³/mol. The van der Waals surface area contributed by atoms with Crippen LogP contribution in [-0.2, 0) is 6.42 Å². The highest BCUT2D eigenvalue weighted by Crippen LogP contribution is 2.25. The quantitative estimate of drug-likeness (QED) is 0.776. The fraction of sp³-hybridized carbons (Fsp3) is 0.125. The molecular formula is C16H13BrN2O2. The molecule has 0 atom stereocenters. The molecule has 0 unspecified atom stereocenters. The van der Waals surface area contributed by atoms with Crippen LogP contribution in [0.5, 0.6) is 5.75 Å². The number of rotatable bonds is 3. The summed E-state index contributed by atoms with van der Waals surface area (Å²) in [6, 6.07) is 13.3. The lowest BCUT2D eigenvalue weighted by Crippen LogP contribution is -1.90. The standard InChI is InChI=1S/C16H13BrN2O2/c1-10-2-5-12(9-14(10)20)16-18-15(19-21-16)8-11-3-6-13(17)7-4-11/h2-7,9,20H,8H2,1H3. The van der Waals surface area contributed by atoms with Crippen molar-refractivity contribution in [2.75, 3.05) is 0 Å². The van der Waals surface area contributed by atoms with Crippen molar-refractivity contribution >= 4 is 15.9 Å². The zero-order valence-corrected chi connectivity index (χ0v) is 13.0. The van der Waals surface area contributed by atoms with Gasteiger partial charge in [-0.3, -0.25) is 0 Å². The lowest BCUT2D eigenvalue weighted by molar-refractivity contribution is 0.423. The molecule has 0 bridgehead atoms. The normalized spacial score (nSPS) is 10.8. The molecule has 106 valence electrons. The van der Waals surface area contributed by atoms with E-state index in [-0.39, 0.29) is 5.75 Å². The Balaban J connectivity index is 1.82. The van der Waals surface area contributed by atoms with E-state index < -0.39 is 0 Å². The minimum atomic E-state index is 0.222.